The third-order valence-electron chi connectivity index (χ3n) is 5.09. The van der Waals surface area contributed by atoms with Crippen LogP contribution in [0.15, 0.2) is 24.3 Å². The van der Waals surface area contributed by atoms with Crippen LogP contribution in [0.4, 0.5) is 0 Å². The summed E-state index contributed by atoms with van der Waals surface area (Å²) in [4.78, 5) is 16.9. The van der Waals surface area contributed by atoms with Gasteiger partial charge in [-0.05, 0) is 31.7 Å². The second-order valence-corrected chi connectivity index (χ2v) is 6.94. The lowest BCUT2D eigenvalue weighted by Crippen LogP contribution is -2.55. The smallest absolute Gasteiger partial charge is 0.237 e. The molecule has 5 heteroatoms. The van der Waals surface area contributed by atoms with E-state index < -0.39 is 6.10 Å². The Kier molecular flexibility index (Phi) is 5.87. The molecule has 5 nitrogen and oxygen atoms in total. The highest BCUT2D eigenvalue weighted by Crippen LogP contribution is 2.22. The van der Waals surface area contributed by atoms with E-state index in [0.29, 0.717) is 19.8 Å². The van der Waals surface area contributed by atoms with E-state index in [4.69, 9.17) is 4.74 Å². The van der Waals surface area contributed by atoms with Crippen molar-refractivity contribution in [2.75, 3.05) is 39.4 Å². The lowest BCUT2D eigenvalue weighted by atomic mass is 9.92. The highest BCUT2D eigenvalue weighted by Gasteiger charge is 2.33. The van der Waals surface area contributed by atoms with E-state index in [-0.39, 0.29) is 11.9 Å². The standard InChI is InChI=1S/C19H28N2O3/c1-15-4-6-16(7-5-15)13-17-18(22)3-2-8-21(17)19(23)14-20-9-11-24-12-10-20/h4-7,17-18,22H,2-3,8-14H2,1H3/t17-,18-/m0/s1. The first-order chi connectivity index (χ1) is 11.6. The zero-order chi connectivity index (χ0) is 16.9. The number of nitrogens with zero attached hydrogens (tertiary/aromatic N) is 2. The number of carbonyl (C=O) groups excluding carboxylic acids is 1. The molecule has 2 aliphatic heterocycles. The van der Waals surface area contributed by atoms with Crippen LogP contribution in [0.1, 0.15) is 24.0 Å². The Morgan fingerprint density at radius 1 is 1.21 bits per heavy atom. The quantitative estimate of drug-likeness (QED) is 0.901. The van der Waals surface area contributed by atoms with Gasteiger partial charge in [0.15, 0.2) is 0 Å². The van der Waals surface area contributed by atoms with Crippen LogP contribution in [-0.2, 0) is 16.0 Å². The van der Waals surface area contributed by atoms with E-state index in [0.717, 1.165) is 38.9 Å². The Balaban J connectivity index is 1.66. The van der Waals surface area contributed by atoms with Crippen molar-refractivity contribution < 1.29 is 14.6 Å². The van der Waals surface area contributed by atoms with Crippen molar-refractivity contribution >= 4 is 5.91 Å². The topological polar surface area (TPSA) is 53.0 Å². The summed E-state index contributed by atoms with van der Waals surface area (Å²) >= 11 is 0. The van der Waals surface area contributed by atoms with Gasteiger partial charge in [-0.1, -0.05) is 29.8 Å². The van der Waals surface area contributed by atoms with Crippen LogP contribution < -0.4 is 0 Å². The first kappa shape index (κ1) is 17.4. The molecule has 1 aromatic carbocycles. The molecule has 2 saturated heterocycles. The molecule has 2 fully saturated rings. The Labute approximate surface area is 144 Å². The predicted molar refractivity (Wildman–Crippen MR) is 92.9 cm³/mol. The molecule has 0 aliphatic carbocycles. The number of aryl methyl sites for hydroxylation is 1. The third-order valence-corrected chi connectivity index (χ3v) is 5.09. The molecule has 2 heterocycles. The summed E-state index contributed by atoms with van der Waals surface area (Å²) in [6.45, 7) is 6.26. The number of aliphatic hydroxyl groups is 1. The maximum atomic E-state index is 12.8. The summed E-state index contributed by atoms with van der Waals surface area (Å²) < 4.78 is 5.35. The maximum absolute atomic E-state index is 12.8. The molecule has 1 amide bonds. The van der Waals surface area contributed by atoms with E-state index >= 15 is 0 Å². The molecule has 1 aromatic rings. The van der Waals surface area contributed by atoms with Crippen molar-refractivity contribution in [2.45, 2.75) is 38.3 Å². The third kappa shape index (κ3) is 4.35. The zero-order valence-electron chi connectivity index (χ0n) is 14.5. The molecule has 132 valence electrons. The second kappa shape index (κ2) is 8.10. The summed E-state index contributed by atoms with van der Waals surface area (Å²) in [5.74, 6) is 0.132. The lowest BCUT2D eigenvalue weighted by molar-refractivity contribution is -0.140. The van der Waals surface area contributed by atoms with Crippen LogP contribution in [0.3, 0.4) is 0 Å². The van der Waals surface area contributed by atoms with Gasteiger partial charge in [-0.2, -0.15) is 0 Å². The van der Waals surface area contributed by atoms with Gasteiger partial charge in [0.05, 0.1) is 31.9 Å². The summed E-state index contributed by atoms with van der Waals surface area (Å²) in [6, 6.07) is 8.26. The largest absolute Gasteiger partial charge is 0.391 e. The Morgan fingerprint density at radius 2 is 1.92 bits per heavy atom. The van der Waals surface area contributed by atoms with Crippen molar-refractivity contribution in [1.29, 1.82) is 0 Å². The Bertz CT molecular complexity index is 540. The fourth-order valence-corrected chi connectivity index (χ4v) is 3.60. The zero-order valence-corrected chi connectivity index (χ0v) is 14.5. The fraction of sp³-hybridized carbons (Fsp3) is 0.632. The highest BCUT2D eigenvalue weighted by atomic mass is 16.5. The van der Waals surface area contributed by atoms with Crippen LogP contribution >= 0.6 is 0 Å². The van der Waals surface area contributed by atoms with Crippen LogP contribution in [0.2, 0.25) is 0 Å². The van der Waals surface area contributed by atoms with Gasteiger partial charge < -0.3 is 14.7 Å². The minimum absolute atomic E-state index is 0.116. The SMILES string of the molecule is Cc1ccc(C[C@H]2[C@@H](O)CCCN2C(=O)CN2CCOCC2)cc1. The van der Waals surface area contributed by atoms with Gasteiger partial charge in [0, 0.05) is 19.6 Å². The van der Waals surface area contributed by atoms with E-state index in [1.165, 1.54) is 11.1 Å². The van der Waals surface area contributed by atoms with Gasteiger partial charge >= 0.3 is 0 Å². The number of piperidine rings is 1. The number of likely N-dealkylation sites (tertiary alicyclic amines) is 1. The van der Waals surface area contributed by atoms with Crippen LogP contribution in [0, 0.1) is 6.92 Å². The average Bonchev–Trinajstić information content (AvgIpc) is 2.59. The number of morpholine rings is 1. The summed E-state index contributed by atoms with van der Waals surface area (Å²) in [5, 5.41) is 10.5. The number of aliphatic hydroxyl groups excluding tert-OH is 1. The normalized spacial score (nSPS) is 25.7. The van der Waals surface area contributed by atoms with Gasteiger partial charge in [0.1, 0.15) is 0 Å². The number of hydrogen-bond donors (Lipinski definition) is 1. The molecule has 0 aromatic heterocycles. The maximum Gasteiger partial charge on any atom is 0.237 e. The van der Waals surface area contributed by atoms with Crippen molar-refractivity contribution in [3.8, 4) is 0 Å². The van der Waals surface area contributed by atoms with Crippen molar-refractivity contribution in [3.63, 3.8) is 0 Å². The predicted octanol–water partition coefficient (Wildman–Crippen LogP) is 1.22. The number of amides is 1. The molecule has 24 heavy (non-hydrogen) atoms. The number of benzene rings is 1. The monoisotopic (exact) mass is 332 g/mol. The molecule has 0 bridgehead atoms. The summed E-state index contributed by atoms with van der Waals surface area (Å²) in [6.07, 6.45) is 1.93. The van der Waals surface area contributed by atoms with E-state index in [1.807, 2.05) is 4.90 Å². The van der Waals surface area contributed by atoms with Crippen LogP contribution in [-0.4, -0.2) is 72.4 Å². The lowest BCUT2D eigenvalue weighted by Gasteiger charge is -2.40. The molecule has 2 aliphatic rings. The van der Waals surface area contributed by atoms with E-state index in [9.17, 15) is 9.90 Å². The van der Waals surface area contributed by atoms with E-state index in [1.54, 1.807) is 0 Å². The molecule has 2 atom stereocenters. The molecule has 0 radical (unpaired) electrons. The molecule has 0 spiro atoms. The molecular formula is C19H28N2O3. The number of ether oxygens (including phenoxy) is 1. The van der Waals surface area contributed by atoms with Crippen molar-refractivity contribution in [2.24, 2.45) is 0 Å². The highest BCUT2D eigenvalue weighted by molar-refractivity contribution is 5.79. The number of carbonyl (C=O) groups is 1. The first-order valence-corrected chi connectivity index (χ1v) is 8.96. The summed E-state index contributed by atoms with van der Waals surface area (Å²) in [5.41, 5.74) is 2.40. The minimum Gasteiger partial charge on any atom is -0.391 e. The summed E-state index contributed by atoms with van der Waals surface area (Å²) in [7, 11) is 0. The Hall–Kier alpha value is -1.43. The Morgan fingerprint density at radius 3 is 2.62 bits per heavy atom. The van der Waals surface area contributed by atoms with Gasteiger partial charge in [0.25, 0.3) is 0 Å². The van der Waals surface area contributed by atoms with E-state index in [2.05, 4.69) is 36.1 Å². The average molecular weight is 332 g/mol. The van der Waals surface area contributed by atoms with Crippen molar-refractivity contribution in [1.82, 2.24) is 9.80 Å². The van der Waals surface area contributed by atoms with Crippen LogP contribution in [0.5, 0.6) is 0 Å². The number of rotatable bonds is 4. The molecule has 0 unspecified atom stereocenters. The second-order valence-electron chi connectivity index (χ2n) is 6.94. The first-order valence-electron chi connectivity index (χ1n) is 8.96. The molecular weight excluding hydrogens is 304 g/mol. The minimum atomic E-state index is -0.436. The fourth-order valence-electron chi connectivity index (χ4n) is 3.60. The van der Waals surface area contributed by atoms with Gasteiger partial charge in [-0.15, -0.1) is 0 Å². The number of hydrogen-bond acceptors (Lipinski definition) is 4. The van der Waals surface area contributed by atoms with Crippen LogP contribution in [0.25, 0.3) is 0 Å². The van der Waals surface area contributed by atoms with Crippen molar-refractivity contribution in [3.05, 3.63) is 35.4 Å². The molecule has 1 N–H and O–H groups in total. The molecule has 0 saturated carbocycles. The van der Waals surface area contributed by atoms with Gasteiger partial charge in [-0.3, -0.25) is 9.69 Å². The van der Waals surface area contributed by atoms with Gasteiger partial charge in [-0.25, -0.2) is 0 Å². The molecule has 3 rings (SSSR count). The van der Waals surface area contributed by atoms with Gasteiger partial charge in [0.2, 0.25) is 5.91 Å².